The molecule has 0 aliphatic heterocycles. The van der Waals surface area contributed by atoms with Gasteiger partial charge in [-0.3, -0.25) is 4.98 Å². The van der Waals surface area contributed by atoms with Gasteiger partial charge in [-0.1, -0.05) is 0 Å². The highest BCUT2D eigenvalue weighted by molar-refractivity contribution is 8.13. The average Bonchev–Trinajstić information content (AvgIpc) is 2.22. The molecule has 1 N–H and O–H groups in total. The number of hydrogen-bond donors (Lipinski definition) is 1. The van der Waals surface area contributed by atoms with Gasteiger partial charge >= 0.3 is 0 Å². The first-order chi connectivity index (χ1) is 7.41. The Bertz CT molecular complexity index is 672. The van der Waals surface area contributed by atoms with E-state index >= 15 is 0 Å². The van der Waals surface area contributed by atoms with Crippen molar-refractivity contribution in [3.8, 4) is 5.75 Å². The third-order valence-electron chi connectivity index (χ3n) is 2.04. The zero-order chi connectivity index (χ0) is 11.9. The van der Waals surface area contributed by atoms with E-state index in [2.05, 4.69) is 4.98 Å². The fourth-order valence-corrected chi connectivity index (χ4v) is 2.28. The van der Waals surface area contributed by atoms with E-state index in [1.54, 1.807) is 0 Å². The Morgan fingerprint density at radius 3 is 2.75 bits per heavy atom. The van der Waals surface area contributed by atoms with Crippen molar-refractivity contribution in [2.75, 3.05) is 0 Å². The maximum Gasteiger partial charge on any atom is 0.265 e. The van der Waals surface area contributed by atoms with Crippen LogP contribution in [0.25, 0.3) is 10.9 Å². The maximum atomic E-state index is 13.5. The molecular weight excluding hydrogens is 257 g/mol. The van der Waals surface area contributed by atoms with Crippen LogP contribution >= 0.6 is 10.7 Å². The van der Waals surface area contributed by atoms with Crippen LogP contribution < -0.4 is 0 Å². The summed E-state index contributed by atoms with van der Waals surface area (Å²) in [5, 5.41) is 9.65. The van der Waals surface area contributed by atoms with Gasteiger partial charge in [0.1, 0.15) is 16.2 Å². The van der Waals surface area contributed by atoms with Crippen LogP contribution in [0.3, 0.4) is 0 Å². The molecule has 0 unspecified atom stereocenters. The molecule has 0 saturated carbocycles. The van der Waals surface area contributed by atoms with Gasteiger partial charge in [-0.2, -0.15) is 0 Å². The van der Waals surface area contributed by atoms with Crippen molar-refractivity contribution in [3.63, 3.8) is 0 Å². The van der Waals surface area contributed by atoms with Crippen LogP contribution in [0, 0.1) is 5.82 Å². The van der Waals surface area contributed by atoms with Crippen LogP contribution in [-0.4, -0.2) is 18.5 Å². The molecule has 16 heavy (non-hydrogen) atoms. The predicted octanol–water partition coefficient (Wildman–Crippen LogP) is 2.01. The first kappa shape index (κ1) is 11.1. The minimum Gasteiger partial charge on any atom is -0.504 e. The normalized spacial score (nSPS) is 11.9. The molecule has 0 fully saturated rings. The van der Waals surface area contributed by atoms with E-state index in [1.165, 1.54) is 18.3 Å². The Kier molecular flexibility index (Phi) is 2.47. The summed E-state index contributed by atoms with van der Waals surface area (Å²) in [5.41, 5.74) is -0.137. The topological polar surface area (TPSA) is 67.3 Å². The zero-order valence-corrected chi connectivity index (χ0v) is 9.26. The molecule has 7 heteroatoms. The summed E-state index contributed by atoms with van der Waals surface area (Å²) in [5.74, 6) is -1.45. The quantitative estimate of drug-likeness (QED) is 0.798. The van der Waals surface area contributed by atoms with Crippen molar-refractivity contribution in [1.29, 1.82) is 0 Å². The molecule has 4 nitrogen and oxygen atoms in total. The molecule has 2 aromatic rings. The Labute approximate surface area is 94.7 Å². The van der Waals surface area contributed by atoms with Crippen molar-refractivity contribution in [2.24, 2.45) is 0 Å². The number of halogens is 2. The summed E-state index contributed by atoms with van der Waals surface area (Å²) in [7, 11) is 0.849. The van der Waals surface area contributed by atoms with Crippen LogP contribution in [0.4, 0.5) is 4.39 Å². The lowest BCUT2D eigenvalue weighted by molar-refractivity contribution is 0.462. The standard InChI is InChI=1S/C9H5ClFNO3S/c10-16(14,15)7-4-6(11)5-2-1-3-12-8(5)9(7)13/h1-4,13H. The number of aromatic nitrogens is 1. The lowest BCUT2D eigenvalue weighted by atomic mass is 10.2. The minimum atomic E-state index is -4.21. The first-order valence-electron chi connectivity index (χ1n) is 4.12. The third kappa shape index (κ3) is 1.70. The van der Waals surface area contributed by atoms with Crippen molar-refractivity contribution in [1.82, 2.24) is 4.98 Å². The first-order valence-corrected chi connectivity index (χ1v) is 6.43. The molecule has 0 spiro atoms. The minimum absolute atomic E-state index is 0.0315. The summed E-state index contributed by atoms with van der Waals surface area (Å²) >= 11 is 0. The van der Waals surface area contributed by atoms with E-state index in [-0.39, 0.29) is 10.9 Å². The second-order valence-corrected chi connectivity index (χ2v) is 5.58. The van der Waals surface area contributed by atoms with Crippen LogP contribution in [0.5, 0.6) is 5.75 Å². The number of phenols is 1. The van der Waals surface area contributed by atoms with Crippen molar-refractivity contribution >= 4 is 30.6 Å². The molecule has 1 aromatic heterocycles. The summed E-state index contributed by atoms with van der Waals surface area (Å²) in [4.78, 5) is 3.02. The summed E-state index contributed by atoms with van der Waals surface area (Å²) < 4.78 is 35.6. The Morgan fingerprint density at radius 2 is 2.12 bits per heavy atom. The summed E-state index contributed by atoms with van der Waals surface area (Å²) in [6, 6.07) is 3.52. The number of nitrogens with zero attached hydrogens (tertiary/aromatic N) is 1. The monoisotopic (exact) mass is 261 g/mol. The lowest BCUT2D eigenvalue weighted by Crippen LogP contribution is -1.95. The molecule has 2 rings (SSSR count). The molecule has 0 bridgehead atoms. The molecule has 0 aliphatic rings. The van der Waals surface area contributed by atoms with Crippen LogP contribution in [0.15, 0.2) is 29.3 Å². The Hall–Kier alpha value is -1.40. The molecule has 84 valence electrons. The van der Waals surface area contributed by atoms with Crippen LogP contribution in [0.1, 0.15) is 0 Å². The highest BCUT2D eigenvalue weighted by atomic mass is 35.7. The summed E-state index contributed by atoms with van der Waals surface area (Å²) in [6.07, 6.45) is 1.31. The summed E-state index contributed by atoms with van der Waals surface area (Å²) in [6.45, 7) is 0. The van der Waals surface area contributed by atoms with Crippen molar-refractivity contribution in [3.05, 3.63) is 30.2 Å². The molecule has 0 amide bonds. The number of phenolic OH excluding ortho intramolecular Hbond substituents is 1. The molecule has 1 heterocycles. The number of rotatable bonds is 1. The maximum absolute atomic E-state index is 13.5. The zero-order valence-electron chi connectivity index (χ0n) is 7.68. The van der Waals surface area contributed by atoms with E-state index in [0.717, 1.165) is 0 Å². The molecule has 0 atom stereocenters. The fourth-order valence-electron chi connectivity index (χ4n) is 1.35. The average molecular weight is 262 g/mol. The Balaban J connectivity index is 2.97. The van der Waals surface area contributed by atoms with E-state index in [1.807, 2.05) is 0 Å². The SMILES string of the molecule is O=S(=O)(Cl)c1cc(F)c2cccnc2c1O. The third-order valence-corrected chi connectivity index (χ3v) is 3.38. The van der Waals surface area contributed by atoms with E-state index in [9.17, 15) is 17.9 Å². The lowest BCUT2D eigenvalue weighted by Gasteiger charge is -2.05. The molecule has 0 saturated heterocycles. The highest BCUT2D eigenvalue weighted by Crippen LogP contribution is 2.33. The van der Waals surface area contributed by atoms with E-state index in [4.69, 9.17) is 10.7 Å². The van der Waals surface area contributed by atoms with Gasteiger partial charge in [-0.05, 0) is 18.2 Å². The van der Waals surface area contributed by atoms with Gasteiger partial charge in [0, 0.05) is 22.3 Å². The van der Waals surface area contributed by atoms with E-state index in [0.29, 0.717) is 6.07 Å². The number of benzene rings is 1. The van der Waals surface area contributed by atoms with E-state index < -0.39 is 25.5 Å². The second-order valence-electron chi connectivity index (χ2n) is 3.04. The highest BCUT2D eigenvalue weighted by Gasteiger charge is 2.21. The van der Waals surface area contributed by atoms with Gasteiger partial charge in [-0.15, -0.1) is 0 Å². The molecule has 0 aliphatic carbocycles. The predicted molar refractivity (Wildman–Crippen MR) is 56.4 cm³/mol. The van der Waals surface area contributed by atoms with Crippen molar-refractivity contribution in [2.45, 2.75) is 4.90 Å². The Morgan fingerprint density at radius 1 is 1.44 bits per heavy atom. The smallest absolute Gasteiger partial charge is 0.265 e. The van der Waals surface area contributed by atoms with Gasteiger partial charge in [0.2, 0.25) is 0 Å². The van der Waals surface area contributed by atoms with Crippen LogP contribution in [-0.2, 0) is 9.05 Å². The molecule has 1 aromatic carbocycles. The van der Waals surface area contributed by atoms with Gasteiger partial charge in [0.15, 0.2) is 5.75 Å². The number of hydrogen-bond acceptors (Lipinski definition) is 4. The van der Waals surface area contributed by atoms with Crippen molar-refractivity contribution < 1.29 is 17.9 Å². The van der Waals surface area contributed by atoms with Gasteiger partial charge in [-0.25, -0.2) is 12.8 Å². The number of pyridine rings is 1. The number of aromatic hydroxyl groups is 1. The number of fused-ring (bicyclic) bond motifs is 1. The largest absolute Gasteiger partial charge is 0.504 e. The van der Waals surface area contributed by atoms with Gasteiger partial charge in [0.05, 0.1) is 0 Å². The molecule has 0 radical (unpaired) electrons. The fraction of sp³-hybridized carbons (Fsp3) is 0. The second kappa shape index (κ2) is 3.57. The van der Waals surface area contributed by atoms with Gasteiger partial charge < -0.3 is 5.11 Å². The van der Waals surface area contributed by atoms with Crippen LogP contribution in [0.2, 0.25) is 0 Å². The van der Waals surface area contributed by atoms with Gasteiger partial charge in [0.25, 0.3) is 9.05 Å². The molecular formula is C9H5ClFNO3S.